The molecule has 0 atom stereocenters. The lowest BCUT2D eigenvalue weighted by atomic mass is 10.5. The molecular weight excluding hydrogens is 114 g/mol. The minimum atomic E-state index is -1.09. The van der Waals surface area contributed by atoms with E-state index in [1.807, 2.05) is 0 Å². The predicted molar refractivity (Wildman–Crippen MR) is 28.2 cm³/mol. The highest BCUT2D eigenvalue weighted by Crippen LogP contribution is 1.76. The number of carboxylic acid groups (broad SMARTS) is 1. The van der Waals surface area contributed by atoms with E-state index in [4.69, 9.17) is 5.11 Å². The molecule has 7 heavy (non-hydrogen) atoms. The van der Waals surface area contributed by atoms with Gasteiger partial charge in [0.25, 0.3) is 0 Å². The van der Waals surface area contributed by atoms with Gasteiger partial charge in [0.15, 0.2) is 17.4 Å². The first-order valence-corrected chi connectivity index (χ1v) is 1.55. The molecule has 0 aromatic rings. The number of hydrogen-bond acceptors (Lipinski definition) is 1. The molecule has 0 saturated carbocycles. The maximum absolute atomic E-state index is 10.9. The van der Waals surface area contributed by atoms with Crippen LogP contribution in [0.2, 0.25) is 0 Å². The molecular formula is C3H8AlFO2. The van der Waals surface area contributed by atoms with Crippen LogP contribution in [0.5, 0.6) is 0 Å². The van der Waals surface area contributed by atoms with E-state index < -0.39 is 12.6 Å². The monoisotopic (exact) mass is 122 g/mol. The Bertz CT molecular complexity index is 56.9. The van der Waals surface area contributed by atoms with Crippen molar-refractivity contribution in [1.29, 1.82) is 0 Å². The number of aliphatic carboxylic acids is 1. The van der Waals surface area contributed by atoms with Crippen molar-refractivity contribution in [2.75, 3.05) is 6.67 Å². The highest BCUT2D eigenvalue weighted by atomic mass is 27.0. The first-order valence-electron chi connectivity index (χ1n) is 1.55. The lowest BCUT2D eigenvalue weighted by molar-refractivity contribution is -0.137. The van der Waals surface area contributed by atoms with Crippen molar-refractivity contribution in [1.82, 2.24) is 0 Å². The van der Waals surface area contributed by atoms with Gasteiger partial charge in [0, 0.05) is 0 Å². The van der Waals surface area contributed by atoms with Gasteiger partial charge in [-0.15, -0.1) is 0 Å². The SMILES string of the molecule is O=C(O)CCF.[AlH3]. The minimum Gasteiger partial charge on any atom is -0.481 e. The zero-order valence-electron chi connectivity index (χ0n) is 3.15. The van der Waals surface area contributed by atoms with Crippen molar-refractivity contribution in [2.24, 2.45) is 0 Å². The normalized spacial score (nSPS) is 7.00. The van der Waals surface area contributed by atoms with Gasteiger partial charge in [-0.3, -0.25) is 9.18 Å². The molecule has 0 bridgehead atoms. The van der Waals surface area contributed by atoms with Gasteiger partial charge in [-0.1, -0.05) is 0 Å². The Morgan fingerprint density at radius 2 is 2.14 bits per heavy atom. The fourth-order valence-corrected chi connectivity index (χ4v) is 0.0808. The topological polar surface area (TPSA) is 37.3 Å². The van der Waals surface area contributed by atoms with Crippen molar-refractivity contribution in [2.45, 2.75) is 6.42 Å². The molecule has 1 N–H and O–H groups in total. The Labute approximate surface area is 51.5 Å². The van der Waals surface area contributed by atoms with Gasteiger partial charge in [-0.2, -0.15) is 0 Å². The average Bonchev–Trinajstić information content (AvgIpc) is 1.35. The van der Waals surface area contributed by atoms with Gasteiger partial charge in [0.2, 0.25) is 0 Å². The van der Waals surface area contributed by atoms with E-state index in [1.54, 1.807) is 0 Å². The quantitative estimate of drug-likeness (QED) is 0.489. The fraction of sp³-hybridized carbons (Fsp3) is 0.667. The number of halogens is 1. The van der Waals surface area contributed by atoms with Gasteiger partial charge in [-0.25, -0.2) is 0 Å². The van der Waals surface area contributed by atoms with Crippen LogP contribution in [0.15, 0.2) is 0 Å². The third-order valence-corrected chi connectivity index (χ3v) is 0.308. The van der Waals surface area contributed by atoms with E-state index in [0.717, 1.165) is 0 Å². The smallest absolute Gasteiger partial charge is 0.305 e. The van der Waals surface area contributed by atoms with Crippen LogP contribution in [0.4, 0.5) is 4.39 Å². The number of carboxylic acids is 1. The number of carbonyl (C=O) groups is 1. The van der Waals surface area contributed by atoms with Crippen LogP contribution >= 0.6 is 0 Å². The molecule has 42 valence electrons. The van der Waals surface area contributed by atoms with Gasteiger partial charge in [-0.05, 0) is 0 Å². The summed E-state index contributed by atoms with van der Waals surface area (Å²) in [4.78, 5) is 9.36. The third-order valence-electron chi connectivity index (χ3n) is 0.308. The summed E-state index contributed by atoms with van der Waals surface area (Å²) in [5.74, 6) is -1.09. The molecule has 0 aromatic carbocycles. The summed E-state index contributed by atoms with van der Waals surface area (Å²) in [6.45, 7) is -0.769. The Morgan fingerprint density at radius 1 is 1.71 bits per heavy atom. The largest absolute Gasteiger partial charge is 0.481 e. The summed E-state index contributed by atoms with van der Waals surface area (Å²) >= 11 is 0. The van der Waals surface area contributed by atoms with Gasteiger partial charge < -0.3 is 5.11 Å². The van der Waals surface area contributed by atoms with E-state index >= 15 is 0 Å². The van der Waals surface area contributed by atoms with E-state index in [2.05, 4.69) is 0 Å². The van der Waals surface area contributed by atoms with Crippen LogP contribution in [0.25, 0.3) is 0 Å². The van der Waals surface area contributed by atoms with Gasteiger partial charge >= 0.3 is 5.97 Å². The molecule has 0 spiro atoms. The van der Waals surface area contributed by atoms with Crippen molar-refractivity contribution in [3.8, 4) is 0 Å². The van der Waals surface area contributed by atoms with E-state index in [-0.39, 0.29) is 23.8 Å². The van der Waals surface area contributed by atoms with Crippen LogP contribution in [0.3, 0.4) is 0 Å². The van der Waals surface area contributed by atoms with Crippen LogP contribution in [-0.4, -0.2) is 35.1 Å². The summed E-state index contributed by atoms with van der Waals surface area (Å²) in [7, 11) is 0. The van der Waals surface area contributed by atoms with Crippen molar-refractivity contribution < 1.29 is 14.3 Å². The van der Waals surface area contributed by atoms with Crippen LogP contribution < -0.4 is 0 Å². The predicted octanol–water partition coefficient (Wildman–Crippen LogP) is -0.753. The van der Waals surface area contributed by atoms with Crippen LogP contribution in [-0.2, 0) is 4.79 Å². The lowest BCUT2D eigenvalue weighted by Crippen LogP contribution is -1.93. The molecule has 4 heteroatoms. The molecule has 0 aliphatic carbocycles. The molecule has 0 radical (unpaired) electrons. The average molecular weight is 122 g/mol. The summed E-state index contributed by atoms with van der Waals surface area (Å²) in [5.41, 5.74) is 0. The maximum atomic E-state index is 10.9. The molecule has 0 aromatic heterocycles. The Balaban J connectivity index is 0. The lowest BCUT2D eigenvalue weighted by Gasteiger charge is -1.77. The zero-order valence-corrected chi connectivity index (χ0v) is 3.15. The Morgan fingerprint density at radius 3 is 2.14 bits per heavy atom. The summed E-state index contributed by atoms with van der Waals surface area (Å²) < 4.78 is 10.9. The Hall–Kier alpha value is -0.0675. The van der Waals surface area contributed by atoms with E-state index in [0.29, 0.717) is 0 Å². The highest BCUT2D eigenvalue weighted by molar-refractivity contribution is 5.75. The Kier molecular flexibility index (Phi) is 8.50. The van der Waals surface area contributed by atoms with E-state index in [9.17, 15) is 9.18 Å². The van der Waals surface area contributed by atoms with Crippen molar-refractivity contribution in [3.63, 3.8) is 0 Å². The third kappa shape index (κ3) is 10.7. The number of hydrogen-bond donors (Lipinski definition) is 1. The van der Waals surface area contributed by atoms with Crippen LogP contribution in [0, 0.1) is 0 Å². The zero-order chi connectivity index (χ0) is 4.99. The molecule has 2 nitrogen and oxygen atoms in total. The van der Waals surface area contributed by atoms with Gasteiger partial charge in [0.1, 0.15) is 0 Å². The van der Waals surface area contributed by atoms with Crippen LogP contribution in [0.1, 0.15) is 6.42 Å². The second-order valence-corrected chi connectivity index (χ2v) is 0.833. The molecule has 0 saturated heterocycles. The second kappa shape index (κ2) is 5.93. The fourth-order valence-electron chi connectivity index (χ4n) is 0.0808. The summed E-state index contributed by atoms with van der Waals surface area (Å²) in [6.07, 6.45) is -0.375. The first kappa shape index (κ1) is 10.0. The molecule has 0 amide bonds. The summed E-state index contributed by atoms with van der Waals surface area (Å²) in [6, 6.07) is 0. The molecule has 0 fully saturated rings. The van der Waals surface area contributed by atoms with Crippen molar-refractivity contribution in [3.05, 3.63) is 0 Å². The standard InChI is InChI=1S/C3H5FO2.Al.3H/c4-2-1-3(5)6;;;;/h1-2H2,(H,5,6);;;;. The second-order valence-electron chi connectivity index (χ2n) is 0.833. The first-order chi connectivity index (χ1) is 2.77. The molecule has 0 heterocycles. The minimum absolute atomic E-state index is 0. The molecule has 0 unspecified atom stereocenters. The summed E-state index contributed by atoms with van der Waals surface area (Å²) in [5, 5.41) is 7.67. The maximum Gasteiger partial charge on any atom is 0.305 e. The van der Waals surface area contributed by atoms with Gasteiger partial charge in [0.05, 0.1) is 13.1 Å². The molecule has 0 rings (SSSR count). The number of alkyl halides is 1. The molecule has 0 aliphatic heterocycles. The number of rotatable bonds is 2. The van der Waals surface area contributed by atoms with Crippen molar-refractivity contribution >= 4 is 23.3 Å². The molecule has 0 aliphatic rings. The van der Waals surface area contributed by atoms with E-state index in [1.165, 1.54) is 0 Å². The highest BCUT2D eigenvalue weighted by Gasteiger charge is 1.90.